The molecule has 96 valence electrons. The van der Waals surface area contributed by atoms with Gasteiger partial charge in [-0.2, -0.15) is 0 Å². The average molecular weight is 249 g/mol. The summed E-state index contributed by atoms with van der Waals surface area (Å²) in [4.78, 5) is 2.28. The zero-order valence-corrected chi connectivity index (χ0v) is 11.2. The Morgan fingerprint density at radius 3 is 2.37 bits per heavy atom. The first-order valence-electron chi connectivity index (χ1n) is 6.85. The highest BCUT2D eigenvalue weighted by molar-refractivity contribution is 5.85. The van der Waals surface area contributed by atoms with Crippen LogP contribution in [0.2, 0.25) is 0 Å². The Hall–Kier alpha value is -2.02. The highest BCUT2D eigenvalue weighted by Crippen LogP contribution is 2.28. The molecule has 0 N–H and O–H groups in total. The van der Waals surface area contributed by atoms with Crippen molar-refractivity contribution < 1.29 is 0 Å². The minimum atomic E-state index is 0.992. The summed E-state index contributed by atoms with van der Waals surface area (Å²) in [5.74, 6) is 0. The van der Waals surface area contributed by atoms with Gasteiger partial charge in [-0.15, -0.1) is 0 Å². The van der Waals surface area contributed by atoms with Crippen LogP contribution >= 0.6 is 0 Å². The highest BCUT2D eigenvalue weighted by Gasteiger charge is 2.18. The van der Waals surface area contributed by atoms with E-state index in [1.165, 1.54) is 27.7 Å². The van der Waals surface area contributed by atoms with Crippen LogP contribution in [0.4, 0.5) is 0 Å². The van der Waals surface area contributed by atoms with Gasteiger partial charge in [0.1, 0.15) is 0 Å². The van der Waals surface area contributed by atoms with Crippen LogP contribution in [-0.2, 0) is 6.42 Å². The van der Waals surface area contributed by atoms with E-state index in [0.29, 0.717) is 0 Å². The molecule has 0 saturated carbocycles. The molecule has 1 heteroatoms. The summed E-state index contributed by atoms with van der Waals surface area (Å²) in [6.45, 7) is 9.24. The highest BCUT2D eigenvalue weighted by atomic mass is 15.2. The van der Waals surface area contributed by atoms with Gasteiger partial charge < -0.3 is 4.90 Å². The number of likely N-dealkylation sites (tertiary alicyclic amines) is 1. The predicted octanol–water partition coefficient (Wildman–Crippen LogP) is 4.51. The molecule has 0 unspecified atom stereocenters. The van der Waals surface area contributed by atoms with Crippen molar-refractivity contribution in [2.45, 2.75) is 19.3 Å². The molecule has 0 atom stereocenters. The van der Waals surface area contributed by atoms with Gasteiger partial charge in [0.2, 0.25) is 0 Å². The first kappa shape index (κ1) is 12.0. The lowest BCUT2D eigenvalue weighted by Gasteiger charge is -2.21. The van der Waals surface area contributed by atoms with Crippen molar-refractivity contribution in [3.8, 4) is 0 Å². The van der Waals surface area contributed by atoms with Crippen molar-refractivity contribution >= 4 is 10.8 Å². The Labute approximate surface area is 114 Å². The van der Waals surface area contributed by atoms with E-state index in [4.69, 9.17) is 0 Å². The Morgan fingerprint density at radius 2 is 1.58 bits per heavy atom. The van der Waals surface area contributed by atoms with Crippen molar-refractivity contribution in [1.82, 2.24) is 4.90 Å². The van der Waals surface area contributed by atoms with Crippen LogP contribution in [0, 0.1) is 0 Å². The van der Waals surface area contributed by atoms with Crippen molar-refractivity contribution in [2.24, 2.45) is 0 Å². The number of nitrogens with zero attached hydrogens (tertiary/aromatic N) is 1. The Morgan fingerprint density at radius 1 is 0.895 bits per heavy atom. The smallest absolute Gasteiger partial charge is 0.0265 e. The van der Waals surface area contributed by atoms with E-state index in [0.717, 1.165) is 25.8 Å². The lowest BCUT2D eigenvalue weighted by Crippen LogP contribution is -2.18. The van der Waals surface area contributed by atoms with Gasteiger partial charge in [0, 0.05) is 17.9 Å². The first-order valence-corrected chi connectivity index (χ1v) is 6.85. The zero-order valence-electron chi connectivity index (χ0n) is 11.2. The standard InChI is InChI=1S/C18H19N/c1-14-10-11-15(2)19(14)13-12-17-8-5-7-16-6-3-4-9-18(16)17/h3-9H,1-2,10-13H2. The fourth-order valence-corrected chi connectivity index (χ4v) is 2.84. The summed E-state index contributed by atoms with van der Waals surface area (Å²) in [6.07, 6.45) is 3.17. The van der Waals surface area contributed by atoms with E-state index in [-0.39, 0.29) is 0 Å². The van der Waals surface area contributed by atoms with E-state index >= 15 is 0 Å². The molecular weight excluding hydrogens is 230 g/mol. The van der Waals surface area contributed by atoms with Crippen LogP contribution in [0.25, 0.3) is 10.8 Å². The molecule has 0 amide bonds. The molecule has 1 fully saturated rings. The van der Waals surface area contributed by atoms with Gasteiger partial charge in [-0.1, -0.05) is 55.6 Å². The van der Waals surface area contributed by atoms with E-state index in [1.54, 1.807) is 0 Å². The molecule has 1 saturated heterocycles. The second kappa shape index (κ2) is 4.93. The van der Waals surface area contributed by atoms with Crippen LogP contribution < -0.4 is 0 Å². The fourth-order valence-electron chi connectivity index (χ4n) is 2.84. The summed E-state index contributed by atoms with van der Waals surface area (Å²) >= 11 is 0. The van der Waals surface area contributed by atoms with Crippen molar-refractivity contribution in [2.75, 3.05) is 6.54 Å². The quantitative estimate of drug-likeness (QED) is 0.774. The third-order valence-corrected chi connectivity index (χ3v) is 3.95. The molecule has 0 aliphatic carbocycles. The summed E-state index contributed by atoms with van der Waals surface area (Å²) in [7, 11) is 0. The molecule has 0 radical (unpaired) electrons. The molecule has 0 spiro atoms. The summed E-state index contributed by atoms with van der Waals surface area (Å²) in [5.41, 5.74) is 3.83. The molecule has 1 aliphatic heterocycles. The van der Waals surface area contributed by atoms with Crippen LogP contribution in [0.5, 0.6) is 0 Å². The Bertz CT molecular complexity index is 618. The van der Waals surface area contributed by atoms with Crippen molar-refractivity contribution in [1.29, 1.82) is 0 Å². The summed E-state index contributed by atoms with van der Waals surface area (Å²) in [6, 6.07) is 15.1. The van der Waals surface area contributed by atoms with Gasteiger partial charge in [0.15, 0.2) is 0 Å². The minimum Gasteiger partial charge on any atom is -0.349 e. The molecule has 2 aromatic rings. The Balaban J connectivity index is 1.82. The van der Waals surface area contributed by atoms with Crippen LogP contribution in [0.15, 0.2) is 67.0 Å². The maximum Gasteiger partial charge on any atom is 0.0265 e. The molecule has 1 aliphatic rings. The van der Waals surface area contributed by atoms with Crippen LogP contribution in [0.3, 0.4) is 0 Å². The van der Waals surface area contributed by atoms with Gasteiger partial charge in [-0.25, -0.2) is 0 Å². The van der Waals surface area contributed by atoms with Crippen molar-refractivity contribution in [3.63, 3.8) is 0 Å². The van der Waals surface area contributed by atoms with E-state index in [9.17, 15) is 0 Å². The van der Waals surface area contributed by atoms with Crippen LogP contribution in [-0.4, -0.2) is 11.4 Å². The van der Waals surface area contributed by atoms with Gasteiger partial charge >= 0.3 is 0 Å². The number of rotatable bonds is 3. The lowest BCUT2D eigenvalue weighted by molar-refractivity contribution is 0.463. The molecule has 1 heterocycles. The van der Waals surface area contributed by atoms with E-state index < -0.39 is 0 Å². The molecule has 0 aromatic heterocycles. The zero-order chi connectivity index (χ0) is 13.2. The van der Waals surface area contributed by atoms with Gasteiger partial charge in [0.25, 0.3) is 0 Å². The summed E-state index contributed by atoms with van der Waals surface area (Å²) in [5, 5.41) is 2.68. The number of hydrogen-bond donors (Lipinski definition) is 0. The van der Waals surface area contributed by atoms with E-state index in [2.05, 4.69) is 60.5 Å². The maximum absolute atomic E-state index is 4.13. The average Bonchev–Trinajstić information content (AvgIpc) is 2.76. The van der Waals surface area contributed by atoms with E-state index in [1.807, 2.05) is 0 Å². The topological polar surface area (TPSA) is 3.24 Å². The molecule has 1 nitrogen and oxygen atoms in total. The molecule has 19 heavy (non-hydrogen) atoms. The third-order valence-electron chi connectivity index (χ3n) is 3.95. The second-order valence-corrected chi connectivity index (χ2v) is 5.17. The number of allylic oxidation sites excluding steroid dienone is 2. The first-order chi connectivity index (χ1) is 9.25. The van der Waals surface area contributed by atoms with Gasteiger partial charge in [-0.05, 0) is 35.6 Å². The maximum atomic E-state index is 4.13. The molecular formula is C18H19N. The van der Waals surface area contributed by atoms with Gasteiger partial charge in [-0.3, -0.25) is 0 Å². The number of hydrogen-bond acceptors (Lipinski definition) is 1. The minimum absolute atomic E-state index is 0.992. The number of benzene rings is 2. The fraction of sp³-hybridized carbons (Fsp3) is 0.222. The normalized spacial score (nSPS) is 15.5. The molecule has 3 rings (SSSR count). The van der Waals surface area contributed by atoms with Gasteiger partial charge in [0.05, 0.1) is 0 Å². The largest absolute Gasteiger partial charge is 0.349 e. The monoisotopic (exact) mass is 249 g/mol. The molecule has 2 aromatic carbocycles. The van der Waals surface area contributed by atoms with Crippen LogP contribution in [0.1, 0.15) is 18.4 Å². The third kappa shape index (κ3) is 2.28. The summed E-state index contributed by atoms with van der Waals surface area (Å²) < 4.78 is 0. The molecule has 0 bridgehead atoms. The lowest BCUT2D eigenvalue weighted by atomic mass is 10.0. The predicted molar refractivity (Wildman–Crippen MR) is 81.9 cm³/mol. The van der Waals surface area contributed by atoms with Crippen molar-refractivity contribution in [3.05, 3.63) is 72.6 Å². The Kier molecular flexibility index (Phi) is 3.12. The SMILES string of the molecule is C=C1CCC(=C)N1CCc1cccc2ccccc12. The number of fused-ring (bicyclic) bond motifs is 1. The second-order valence-electron chi connectivity index (χ2n) is 5.17.